The second-order valence-corrected chi connectivity index (χ2v) is 7.31. The summed E-state index contributed by atoms with van der Waals surface area (Å²) >= 11 is 6.43. The minimum absolute atomic E-state index is 0.122. The molecule has 0 aromatic heterocycles. The summed E-state index contributed by atoms with van der Waals surface area (Å²) in [5.41, 5.74) is 6.11. The van der Waals surface area contributed by atoms with Crippen LogP contribution in [0.2, 0.25) is 0 Å². The van der Waals surface area contributed by atoms with Gasteiger partial charge in [-0.1, -0.05) is 6.92 Å². The van der Waals surface area contributed by atoms with E-state index >= 15 is 0 Å². The topological polar surface area (TPSA) is 72.2 Å². The average Bonchev–Trinajstić information content (AvgIpc) is 2.25. The number of hydrogen-bond acceptors (Lipinski definition) is 3. The van der Waals surface area contributed by atoms with Gasteiger partial charge in [-0.3, -0.25) is 0 Å². The highest BCUT2D eigenvalue weighted by atomic mass is 79.9. The summed E-state index contributed by atoms with van der Waals surface area (Å²) in [6, 6.07) is 2.80. The van der Waals surface area contributed by atoms with Gasteiger partial charge in [-0.15, -0.1) is 12.3 Å². The fourth-order valence-electron chi connectivity index (χ4n) is 1.53. The molecule has 0 aliphatic rings. The second kappa shape index (κ2) is 6.75. The summed E-state index contributed by atoms with van der Waals surface area (Å²) in [6.45, 7) is 1.87. The molecule has 0 amide bonds. The first kappa shape index (κ1) is 16.5. The molecule has 1 atom stereocenters. The minimum Gasteiger partial charge on any atom is -0.399 e. The van der Waals surface area contributed by atoms with Crippen LogP contribution in [0.3, 0.4) is 0 Å². The van der Waals surface area contributed by atoms with Crippen molar-refractivity contribution >= 4 is 47.6 Å². The summed E-state index contributed by atoms with van der Waals surface area (Å²) in [5.74, 6) is 2.46. The number of nitrogen functional groups attached to an aromatic ring is 1. The number of benzene rings is 1. The molecule has 0 saturated carbocycles. The van der Waals surface area contributed by atoms with Crippen molar-refractivity contribution in [3.63, 3.8) is 0 Å². The Balaban J connectivity index is 3.18. The van der Waals surface area contributed by atoms with Crippen LogP contribution in [0.5, 0.6) is 0 Å². The highest BCUT2D eigenvalue weighted by Gasteiger charge is 2.24. The zero-order chi connectivity index (χ0) is 14.6. The predicted molar refractivity (Wildman–Crippen MR) is 84.1 cm³/mol. The first-order valence-electron chi connectivity index (χ1n) is 5.52. The van der Waals surface area contributed by atoms with Gasteiger partial charge in [0.25, 0.3) is 0 Å². The number of sulfonamides is 1. The fourth-order valence-corrected chi connectivity index (χ4v) is 5.46. The summed E-state index contributed by atoms with van der Waals surface area (Å²) < 4.78 is 28.1. The molecule has 0 fully saturated rings. The number of nitrogens with two attached hydrogens (primary N) is 1. The first-order chi connectivity index (χ1) is 8.81. The van der Waals surface area contributed by atoms with E-state index in [0.717, 1.165) is 0 Å². The van der Waals surface area contributed by atoms with Gasteiger partial charge in [-0.05, 0) is 50.4 Å². The Labute approximate surface area is 130 Å². The number of halogens is 2. The molecular weight excluding hydrogens is 396 g/mol. The van der Waals surface area contributed by atoms with Crippen LogP contribution in [0.15, 0.2) is 26.0 Å². The molecule has 1 unspecified atom stereocenters. The maximum atomic E-state index is 12.3. The van der Waals surface area contributed by atoms with E-state index in [4.69, 9.17) is 12.2 Å². The number of rotatable bonds is 5. The monoisotopic (exact) mass is 408 g/mol. The number of anilines is 1. The molecule has 0 saturated heterocycles. The second-order valence-electron chi connectivity index (χ2n) is 3.95. The van der Waals surface area contributed by atoms with Crippen molar-refractivity contribution in [3.05, 3.63) is 21.1 Å². The standard InChI is InChI=1S/C12H14Br2N2O2S/c1-3-5-9(4-2)16-19(17,18)12-10(13)6-8(15)7-11(12)14/h1,6-7,9,16H,4-5,15H2,2H3. The van der Waals surface area contributed by atoms with Crippen LogP contribution >= 0.6 is 31.9 Å². The Morgan fingerprint density at radius 1 is 1.42 bits per heavy atom. The third kappa shape index (κ3) is 4.21. The van der Waals surface area contributed by atoms with Gasteiger partial charge in [0.15, 0.2) is 0 Å². The maximum Gasteiger partial charge on any atom is 0.243 e. The molecule has 1 rings (SSSR count). The van der Waals surface area contributed by atoms with Crippen molar-refractivity contribution in [1.29, 1.82) is 0 Å². The Morgan fingerprint density at radius 3 is 2.37 bits per heavy atom. The van der Waals surface area contributed by atoms with Crippen molar-refractivity contribution in [2.45, 2.75) is 30.7 Å². The van der Waals surface area contributed by atoms with Crippen molar-refractivity contribution in [2.24, 2.45) is 0 Å². The van der Waals surface area contributed by atoms with Gasteiger partial charge >= 0.3 is 0 Å². The zero-order valence-electron chi connectivity index (χ0n) is 10.3. The third-order valence-corrected chi connectivity index (χ3v) is 5.86. The van der Waals surface area contributed by atoms with Crippen LogP contribution in [0, 0.1) is 12.3 Å². The van der Waals surface area contributed by atoms with Gasteiger partial charge in [0.2, 0.25) is 10.0 Å². The largest absolute Gasteiger partial charge is 0.399 e. The Bertz CT molecular complexity index is 586. The maximum absolute atomic E-state index is 12.3. The molecule has 0 bridgehead atoms. The highest BCUT2D eigenvalue weighted by molar-refractivity contribution is 9.11. The molecular formula is C12H14Br2N2O2S. The van der Waals surface area contributed by atoms with Gasteiger partial charge < -0.3 is 5.73 Å². The predicted octanol–water partition coefficient (Wildman–Crippen LogP) is 2.87. The Morgan fingerprint density at radius 2 is 1.95 bits per heavy atom. The van der Waals surface area contributed by atoms with E-state index in [-0.39, 0.29) is 10.9 Å². The van der Waals surface area contributed by atoms with E-state index < -0.39 is 10.0 Å². The lowest BCUT2D eigenvalue weighted by atomic mass is 10.2. The Kier molecular flexibility index (Phi) is 5.86. The minimum atomic E-state index is -3.67. The van der Waals surface area contributed by atoms with E-state index in [0.29, 0.717) is 27.5 Å². The molecule has 1 aromatic carbocycles. The smallest absolute Gasteiger partial charge is 0.243 e. The van der Waals surface area contributed by atoms with Gasteiger partial charge in [0, 0.05) is 27.1 Å². The summed E-state index contributed by atoms with van der Waals surface area (Å²) in [4.78, 5) is 0.122. The normalized spacial score (nSPS) is 12.9. The summed E-state index contributed by atoms with van der Waals surface area (Å²) in [7, 11) is -3.67. The van der Waals surface area contributed by atoms with Gasteiger partial charge in [-0.2, -0.15) is 0 Å². The van der Waals surface area contributed by atoms with Crippen LogP contribution in [0.1, 0.15) is 19.8 Å². The summed E-state index contributed by atoms with van der Waals surface area (Å²) in [5, 5.41) is 0. The average molecular weight is 410 g/mol. The molecule has 1 aromatic rings. The van der Waals surface area contributed by atoms with Crippen molar-refractivity contribution in [3.8, 4) is 12.3 Å². The fraction of sp³-hybridized carbons (Fsp3) is 0.333. The van der Waals surface area contributed by atoms with Crippen molar-refractivity contribution < 1.29 is 8.42 Å². The molecule has 19 heavy (non-hydrogen) atoms. The lowest BCUT2D eigenvalue weighted by Gasteiger charge is -2.16. The number of hydrogen-bond donors (Lipinski definition) is 2. The van der Waals surface area contributed by atoms with E-state index in [9.17, 15) is 8.42 Å². The SMILES string of the molecule is C#CCC(CC)NS(=O)(=O)c1c(Br)cc(N)cc1Br. The lowest BCUT2D eigenvalue weighted by Crippen LogP contribution is -2.34. The van der Waals surface area contributed by atoms with Crippen LogP contribution in [0.4, 0.5) is 5.69 Å². The highest BCUT2D eigenvalue weighted by Crippen LogP contribution is 2.32. The van der Waals surface area contributed by atoms with Crippen LogP contribution < -0.4 is 10.5 Å². The third-order valence-electron chi connectivity index (χ3n) is 2.47. The van der Waals surface area contributed by atoms with Gasteiger partial charge in [0.1, 0.15) is 4.90 Å². The molecule has 4 nitrogen and oxygen atoms in total. The molecule has 0 aliphatic carbocycles. The molecule has 3 N–H and O–H groups in total. The molecule has 0 radical (unpaired) electrons. The Hall–Kier alpha value is -0.550. The van der Waals surface area contributed by atoms with Crippen molar-refractivity contribution in [2.75, 3.05) is 5.73 Å². The quantitative estimate of drug-likeness (QED) is 0.580. The van der Waals surface area contributed by atoms with Crippen molar-refractivity contribution in [1.82, 2.24) is 4.72 Å². The van der Waals surface area contributed by atoms with E-state index in [2.05, 4.69) is 42.5 Å². The van der Waals surface area contributed by atoms with Crippen LogP contribution in [-0.4, -0.2) is 14.5 Å². The van der Waals surface area contributed by atoms with E-state index in [1.807, 2.05) is 6.92 Å². The molecule has 7 heteroatoms. The zero-order valence-corrected chi connectivity index (χ0v) is 14.3. The molecule has 104 valence electrons. The summed E-state index contributed by atoms with van der Waals surface area (Å²) in [6.07, 6.45) is 6.19. The molecule has 0 aliphatic heterocycles. The lowest BCUT2D eigenvalue weighted by molar-refractivity contribution is 0.543. The van der Waals surface area contributed by atoms with Crippen LogP contribution in [-0.2, 0) is 10.0 Å². The molecule has 0 heterocycles. The molecule has 0 spiro atoms. The first-order valence-corrected chi connectivity index (χ1v) is 8.59. The van der Waals surface area contributed by atoms with Gasteiger partial charge in [-0.25, -0.2) is 13.1 Å². The van der Waals surface area contributed by atoms with E-state index in [1.54, 1.807) is 12.1 Å². The van der Waals surface area contributed by atoms with E-state index in [1.165, 1.54) is 0 Å². The van der Waals surface area contributed by atoms with Gasteiger partial charge in [0.05, 0.1) is 0 Å². The number of terminal acetylenes is 1. The van der Waals surface area contributed by atoms with Crippen LogP contribution in [0.25, 0.3) is 0 Å². The number of nitrogens with one attached hydrogen (secondary N) is 1.